The molecule has 0 saturated heterocycles. The third-order valence-electron chi connectivity index (χ3n) is 4.04. The van der Waals surface area contributed by atoms with Crippen molar-refractivity contribution in [2.45, 2.75) is 31.8 Å². The van der Waals surface area contributed by atoms with Gasteiger partial charge in [0.1, 0.15) is 5.75 Å². The molecule has 24 heavy (non-hydrogen) atoms. The second-order valence-electron chi connectivity index (χ2n) is 5.71. The van der Waals surface area contributed by atoms with E-state index in [1.54, 1.807) is 12.1 Å². The van der Waals surface area contributed by atoms with Gasteiger partial charge in [0.25, 0.3) is 5.91 Å². The van der Waals surface area contributed by atoms with Gasteiger partial charge in [-0.15, -0.1) is 0 Å². The molecule has 1 heterocycles. The number of hydrogen-bond donors (Lipinski definition) is 2. The number of aromatic hydroxyl groups is 1. The summed E-state index contributed by atoms with van der Waals surface area (Å²) in [7, 11) is 1.42. The zero-order valence-corrected chi connectivity index (χ0v) is 13.5. The van der Waals surface area contributed by atoms with Crippen LogP contribution in [0.5, 0.6) is 17.2 Å². The second-order valence-corrected chi connectivity index (χ2v) is 5.71. The number of ether oxygens (including phenoxy) is 2. The van der Waals surface area contributed by atoms with Gasteiger partial charge >= 0.3 is 0 Å². The fourth-order valence-corrected chi connectivity index (χ4v) is 2.77. The zero-order chi connectivity index (χ0) is 16.9. The van der Waals surface area contributed by atoms with Crippen LogP contribution in [0.4, 0.5) is 5.69 Å². The summed E-state index contributed by atoms with van der Waals surface area (Å²) in [6, 6.07) is 8.67. The van der Waals surface area contributed by atoms with Gasteiger partial charge in [-0.1, -0.05) is 0 Å². The Bertz CT molecular complexity index is 709. The zero-order valence-electron chi connectivity index (χ0n) is 13.5. The molecule has 3 rings (SSSR count). The number of nitrogens with one attached hydrogen (secondary N) is 1. The Morgan fingerprint density at radius 1 is 1.21 bits per heavy atom. The average molecular weight is 328 g/mol. The summed E-state index contributed by atoms with van der Waals surface area (Å²) in [4.78, 5) is 16.1. The number of anilines is 1. The summed E-state index contributed by atoms with van der Waals surface area (Å²) >= 11 is 0. The van der Waals surface area contributed by atoms with Crippen LogP contribution in [0.25, 0.3) is 0 Å². The molecule has 6 heteroatoms. The minimum Gasteiger partial charge on any atom is -0.503 e. The number of rotatable bonds is 5. The van der Waals surface area contributed by atoms with Crippen LogP contribution < -0.4 is 14.8 Å². The van der Waals surface area contributed by atoms with Crippen molar-refractivity contribution in [3.63, 3.8) is 0 Å². The van der Waals surface area contributed by atoms with E-state index < -0.39 is 5.91 Å². The van der Waals surface area contributed by atoms with Crippen molar-refractivity contribution in [1.29, 1.82) is 0 Å². The van der Waals surface area contributed by atoms with Crippen LogP contribution in [-0.4, -0.2) is 29.2 Å². The minimum atomic E-state index is -0.504. The van der Waals surface area contributed by atoms with Gasteiger partial charge in [0.15, 0.2) is 17.2 Å². The van der Waals surface area contributed by atoms with Crippen molar-refractivity contribution in [2.24, 2.45) is 0 Å². The summed E-state index contributed by atoms with van der Waals surface area (Å²) in [5.41, 5.74) is 0.517. The number of amides is 1. The molecule has 1 amide bonds. The van der Waals surface area contributed by atoms with Crippen molar-refractivity contribution in [2.75, 3.05) is 12.4 Å². The number of pyridine rings is 1. The maximum absolute atomic E-state index is 12.2. The number of benzene rings is 1. The topological polar surface area (TPSA) is 80.7 Å². The Balaban J connectivity index is 1.66. The summed E-state index contributed by atoms with van der Waals surface area (Å²) < 4.78 is 10.9. The van der Waals surface area contributed by atoms with Gasteiger partial charge in [-0.3, -0.25) is 4.79 Å². The van der Waals surface area contributed by atoms with E-state index in [2.05, 4.69) is 10.3 Å². The van der Waals surface area contributed by atoms with Crippen LogP contribution in [0.1, 0.15) is 36.2 Å². The van der Waals surface area contributed by atoms with Crippen LogP contribution in [-0.2, 0) is 0 Å². The van der Waals surface area contributed by atoms with E-state index in [4.69, 9.17) is 9.47 Å². The number of hydrogen-bond acceptors (Lipinski definition) is 5. The van der Waals surface area contributed by atoms with Crippen molar-refractivity contribution < 1.29 is 19.4 Å². The van der Waals surface area contributed by atoms with E-state index in [1.165, 1.54) is 32.2 Å². The summed E-state index contributed by atoms with van der Waals surface area (Å²) in [5.74, 6) is 0.215. The van der Waals surface area contributed by atoms with Crippen molar-refractivity contribution in [3.8, 4) is 17.2 Å². The highest BCUT2D eigenvalue weighted by Gasteiger charge is 2.18. The number of carbonyl (C=O) groups is 1. The lowest BCUT2D eigenvalue weighted by atomic mass is 10.2. The Morgan fingerprint density at radius 3 is 2.58 bits per heavy atom. The normalized spacial score (nSPS) is 14.4. The molecule has 0 aliphatic heterocycles. The number of nitrogens with zero attached hydrogens (tertiary/aromatic N) is 1. The first-order chi connectivity index (χ1) is 11.7. The van der Waals surface area contributed by atoms with E-state index in [9.17, 15) is 9.90 Å². The first-order valence-electron chi connectivity index (χ1n) is 7.97. The smallest absolute Gasteiger partial charge is 0.278 e. The third-order valence-corrected chi connectivity index (χ3v) is 4.04. The highest BCUT2D eigenvalue weighted by atomic mass is 16.5. The summed E-state index contributed by atoms with van der Waals surface area (Å²) in [5, 5.41) is 12.7. The highest BCUT2D eigenvalue weighted by Crippen LogP contribution is 2.28. The predicted octanol–water partition coefficient (Wildman–Crippen LogP) is 3.37. The van der Waals surface area contributed by atoms with Crippen molar-refractivity contribution >= 4 is 11.6 Å². The molecule has 1 aromatic heterocycles. The number of methoxy groups -OCH3 is 1. The Labute approximate surface area is 140 Å². The van der Waals surface area contributed by atoms with Gasteiger partial charge in [0, 0.05) is 18.0 Å². The van der Waals surface area contributed by atoms with Gasteiger partial charge in [0.2, 0.25) is 0 Å². The van der Waals surface area contributed by atoms with Crippen LogP contribution >= 0.6 is 0 Å². The molecule has 1 fully saturated rings. The van der Waals surface area contributed by atoms with Crippen LogP contribution in [0.15, 0.2) is 36.5 Å². The highest BCUT2D eigenvalue weighted by molar-refractivity contribution is 6.05. The van der Waals surface area contributed by atoms with Crippen molar-refractivity contribution in [1.82, 2.24) is 4.98 Å². The lowest BCUT2D eigenvalue weighted by molar-refractivity contribution is 0.101. The van der Waals surface area contributed by atoms with Gasteiger partial charge in [-0.25, -0.2) is 4.98 Å². The van der Waals surface area contributed by atoms with Crippen LogP contribution in [0.3, 0.4) is 0 Å². The fraction of sp³-hybridized carbons (Fsp3) is 0.333. The van der Waals surface area contributed by atoms with Gasteiger partial charge in [0.05, 0.1) is 13.2 Å². The molecule has 1 aliphatic carbocycles. The molecule has 1 aromatic carbocycles. The quantitative estimate of drug-likeness (QED) is 0.879. The number of aromatic nitrogens is 1. The Morgan fingerprint density at radius 2 is 1.92 bits per heavy atom. The first kappa shape index (κ1) is 16.1. The fourth-order valence-electron chi connectivity index (χ4n) is 2.77. The SMILES string of the molecule is COc1ccnc(C(=O)Nc2ccc(OC3CCCC3)cc2)c1O. The van der Waals surface area contributed by atoms with E-state index >= 15 is 0 Å². The largest absolute Gasteiger partial charge is 0.503 e. The monoisotopic (exact) mass is 328 g/mol. The molecular weight excluding hydrogens is 308 g/mol. The molecule has 0 atom stereocenters. The Hall–Kier alpha value is -2.76. The summed E-state index contributed by atoms with van der Waals surface area (Å²) in [6.07, 6.45) is 6.33. The van der Waals surface area contributed by atoms with E-state index in [1.807, 2.05) is 12.1 Å². The maximum Gasteiger partial charge on any atom is 0.278 e. The molecule has 1 aliphatic rings. The summed E-state index contributed by atoms with van der Waals surface area (Å²) in [6.45, 7) is 0. The molecule has 126 valence electrons. The van der Waals surface area contributed by atoms with Crippen LogP contribution in [0.2, 0.25) is 0 Å². The van der Waals surface area contributed by atoms with E-state index in [0.717, 1.165) is 18.6 Å². The van der Waals surface area contributed by atoms with E-state index in [-0.39, 0.29) is 17.2 Å². The lowest BCUT2D eigenvalue weighted by Gasteiger charge is -2.13. The lowest BCUT2D eigenvalue weighted by Crippen LogP contribution is -2.14. The number of carbonyl (C=O) groups excluding carboxylic acids is 1. The van der Waals surface area contributed by atoms with Gasteiger partial charge < -0.3 is 19.9 Å². The standard InChI is InChI=1S/C18H20N2O4/c1-23-15-10-11-19-16(17(15)21)18(22)20-12-6-8-14(9-7-12)24-13-4-2-3-5-13/h6-11,13,21H,2-5H2,1H3,(H,20,22). The van der Waals surface area contributed by atoms with Crippen molar-refractivity contribution in [3.05, 3.63) is 42.2 Å². The average Bonchev–Trinajstić information content (AvgIpc) is 3.10. The van der Waals surface area contributed by atoms with E-state index in [0.29, 0.717) is 11.8 Å². The molecule has 1 saturated carbocycles. The first-order valence-corrected chi connectivity index (χ1v) is 7.97. The molecule has 0 radical (unpaired) electrons. The van der Waals surface area contributed by atoms with Crippen LogP contribution in [0, 0.1) is 0 Å². The second kappa shape index (κ2) is 7.21. The third kappa shape index (κ3) is 3.59. The maximum atomic E-state index is 12.2. The molecule has 0 bridgehead atoms. The molecule has 0 unspecified atom stereocenters. The minimum absolute atomic E-state index is 0.0827. The molecule has 0 spiro atoms. The molecular formula is C18H20N2O4. The van der Waals surface area contributed by atoms with Gasteiger partial charge in [-0.2, -0.15) is 0 Å². The molecule has 2 N–H and O–H groups in total. The van der Waals surface area contributed by atoms with Gasteiger partial charge in [-0.05, 0) is 49.9 Å². The Kier molecular flexibility index (Phi) is 4.84. The molecule has 2 aromatic rings. The molecule has 6 nitrogen and oxygen atoms in total. The predicted molar refractivity (Wildman–Crippen MR) is 89.7 cm³/mol.